The zero-order chi connectivity index (χ0) is 32.4. The van der Waals surface area contributed by atoms with Gasteiger partial charge in [-0.2, -0.15) is 0 Å². The van der Waals surface area contributed by atoms with Gasteiger partial charge in [0.15, 0.2) is 5.60 Å². The lowest BCUT2D eigenvalue weighted by Crippen LogP contribution is -2.42. The van der Waals surface area contributed by atoms with E-state index in [0.29, 0.717) is 11.4 Å². The fourth-order valence-electron chi connectivity index (χ4n) is 4.96. The van der Waals surface area contributed by atoms with Crippen molar-refractivity contribution < 1.29 is 43.2 Å². The normalized spacial score (nSPS) is 17.0. The lowest BCUT2D eigenvalue weighted by molar-refractivity contribution is -0.170. The summed E-state index contributed by atoms with van der Waals surface area (Å²) in [4.78, 5) is 38.8. The van der Waals surface area contributed by atoms with E-state index in [4.69, 9.17) is 20.4 Å². The van der Waals surface area contributed by atoms with Crippen LogP contribution in [0.25, 0.3) is 0 Å². The Labute approximate surface area is 260 Å². The zero-order valence-corrected chi connectivity index (χ0v) is 25.9. The van der Waals surface area contributed by atoms with Crippen LogP contribution in [0.4, 0.5) is 0 Å². The fourth-order valence-corrected chi connectivity index (χ4v) is 6.82. The molecule has 238 valence electrons. The molecule has 1 saturated heterocycles. The highest BCUT2D eigenvalue weighted by Crippen LogP contribution is 2.36. The highest BCUT2D eigenvalue weighted by Gasteiger charge is 2.41. The van der Waals surface area contributed by atoms with E-state index in [1.165, 1.54) is 10.4 Å². The Morgan fingerprint density at radius 3 is 2.27 bits per heavy atom. The van der Waals surface area contributed by atoms with Gasteiger partial charge in [0.05, 0.1) is 17.7 Å². The topological polar surface area (TPSA) is 194 Å². The summed E-state index contributed by atoms with van der Waals surface area (Å²) in [6.07, 6.45) is 4.33. The number of aliphatic hydroxyl groups is 1. The first-order valence-corrected chi connectivity index (χ1v) is 16.2. The van der Waals surface area contributed by atoms with Crippen LogP contribution in [-0.4, -0.2) is 81.9 Å². The van der Waals surface area contributed by atoms with Gasteiger partial charge in [-0.05, 0) is 73.4 Å². The third kappa shape index (κ3) is 10.5. The molecule has 4 rings (SSSR count). The van der Waals surface area contributed by atoms with E-state index in [9.17, 15) is 22.8 Å². The summed E-state index contributed by atoms with van der Waals surface area (Å²) < 4.78 is 28.8. The maximum absolute atomic E-state index is 12.9. The molecule has 0 aliphatic carbocycles. The number of benzene rings is 1. The van der Waals surface area contributed by atoms with E-state index in [2.05, 4.69) is 38.2 Å². The van der Waals surface area contributed by atoms with Gasteiger partial charge in [0.1, 0.15) is 0 Å². The van der Waals surface area contributed by atoms with Gasteiger partial charge in [-0.1, -0.05) is 29.8 Å². The van der Waals surface area contributed by atoms with Crippen molar-refractivity contribution in [1.29, 1.82) is 0 Å². The molecule has 3 aromatic rings. The van der Waals surface area contributed by atoms with E-state index in [0.717, 1.165) is 44.5 Å². The number of pyridine rings is 1. The predicted molar refractivity (Wildman–Crippen MR) is 163 cm³/mol. The number of rotatable bonds is 14. The number of carbonyl (C=O) groups is 3. The number of likely N-dealkylation sites (tertiary alicyclic amines) is 1. The molecule has 0 radical (unpaired) electrons. The smallest absolute Gasteiger partial charge is 0.336 e. The Balaban J connectivity index is 0.000000345. The summed E-state index contributed by atoms with van der Waals surface area (Å²) in [6.45, 7) is 5.10. The van der Waals surface area contributed by atoms with E-state index in [1.54, 1.807) is 29.7 Å². The molecule has 0 amide bonds. The number of nitrogens with zero attached hydrogens (tertiary/aromatic N) is 2. The summed E-state index contributed by atoms with van der Waals surface area (Å²) in [7, 11) is -3.53. The number of hydrogen-bond donors (Lipinski definition) is 5. The molecule has 44 heavy (non-hydrogen) atoms. The Hall–Kier alpha value is -3.69. The second-order valence-corrected chi connectivity index (χ2v) is 13.8. The van der Waals surface area contributed by atoms with E-state index in [1.807, 2.05) is 31.3 Å². The largest absolute Gasteiger partial charge is 0.481 e. The zero-order valence-electron chi connectivity index (χ0n) is 24.3. The summed E-state index contributed by atoms with van der Waals surface area (Å²) >= 11 is 1.77. The van der Waals surface area contributed by atoms with Crippen LogP contribution < -0.4 is 4.72 Å². The van der Waals surface area contributed by atoms with Gasteiger partial charge in [0, 0.05) is 36.9 Å². The quantitative estimate of drug-likeness (QED) is 0.173. The Kier molecular flexibility index (Phi) is 12.1. The van der Waals surface area contributed by atoms with Gasteiger partial charge in [0.2, 0.25) is 10.0 Å². The molecule has 14 heteroatoms. The lowest BCUT2D eigenvalue weighted by Gasteiger charge is -2.30. The maximum Gasteiger partial charge on any atom is 0.336 e. The Bertz CT molecular complexity index is 1480. The minimum Gasteiger partial charge on any atom is -0.481 e. The molecule has 1 aliphatic heterocycles. The molecular formula is C30H37N3O9S2. The van der Waals surface area contributed by atoms with Crippen molar-refractivity contribution in [3.05, 3.63) is 82.3 Å². The third-order valence-corrected chi connectivity index (χ3v) is 9.74. The third-order valence-electron chi connectivity index (χ3n) is 7.38. The number of aryl methyl sites for hydroxylation is 2. The van der Waals surface area contributed by atoms with Crippen molar-refractivity contribution in [2.75, 3.05) is 19.6 Å². The van der Waals surface area contributed by atoms with Crippen molar-refractivity contribution in [2.24, 2.45) is 5.41 Å². The molecule has 0 unspecified atom stereocenters. The van der Waals surface area contributed by atoms with Gasteiger partial charge < -0.3 is 20.4 Å². The number of hydrogen-bond acceptors (Lipinski definition) is 9. The van der Waals surface area contributed by atoms with E-state index < -0.39 is 46.4 Å². The average Bonchev–Trinajstić information content (AvgIpc) is 3.62. The van der Waals surface area contributed by atoms with Crippen LogP contribution in [0, 0.1) is 12.3 Å². The molecule has 12 nitrogen and oxygen atoms in total. The van der Waals surface area contributed by atoms with Gasteiger partial charge in [-0.15, -0.1) is 11.3 Å². The second-order valence-electron chi connectivity index (χ2n) is 11.0. The standard InChI is InChI=1S/C24H29N3O2S2.C6H8O7/c1-20-6-8-23(9-7-20)31(28,29)26-18-24(11-10-22-5-3-15-30-22)12-14-27(19-24)17-21-4-2-13-25-16-21;7-3(8)1-6(13,5(11)12)2-4(9)10/h2-9,13,15-16,26H,10-12,14,17-19H2,1H3;13H,1-2H2,(H,7,8)(H,9,10)(H,11,12)/t24-;/m1./s1. The van der Waals surface area contributed by atoms with Crippen LogP contribution in [0.1, 0.15) is 41.7 Å². The molecule has 3 heterocycles. The predicted octanol–water partition coefficient (Wildman–Crippen LogP) is 3.01. The Morgan fingerprint density at radius 2 is 1.73 bits per heavy atom. The summed E-state index contributed by atoms with van der Waals surface area (Å²) in [5.74, 6) is -5.02. The molecule has 2 aromatic heterocycles. The Morgan fingerprint density at radius 1 is 1.05 bits per heavy atom. The van der Waals surface area contributed by atoms with Crippen LogP contribution in [0.3, 0.4) is 0 Å². The fraction of sp³-hybridized carbons (Fsp3) is 0.400. The molecular weight excluding hydrogens is 610 g/mol. The molecule has 5 N–H and O–H groups in total. The molecule has 0 saturated carbocycles. The van der Waals surface area contributed by atoms with Crippen LogP contribution in [-0.2, 0) is 37.4 Å². The van der Waals surface area contributed by atoms with Crippen molar-refractivity contribution in [2.45, 2.75) is 56.1 Å². The van der Waals surface area contributed by atoms with Gasteiger partial charge >= 0.3 is 17.9 Å². The van der Waals surface area contributed by atoms with Gasteiger partial charge in [-0.3, -0.25) is 19.5 Å². The van der Waals surface area contributed by atoms with Crippen molar-refractivity contribution >= 4 is 39.3 Å². The van der Waals surface area contributed by atoms with Crippen LogP contribution >= 0.6 is 11.3 Å². The maximum atomic E-state index is 12.9. The lowest BCUT2D eigenvalue weighted by atomic mass is 9.82. The summed E-state index contributed by atoms with van der Waals surface area (Å²) in [5, 5.41) is 35.9. The molecule has 1 fully saturated rings. The number of carboxylic acids is 3. The van der Waals surface area contributed by atoms with Crippen molar-refractivity contribution in [3.63, 3.8) is 0 Å². The second kappa shape index (κ2) is 15.3. The molecule has 0 bridgehead atoms. The molecule has 1 aromatic carbocycles. The first kappa shape index (κ1) is 34.8. The number of nitrogens with one attached hydrogen (secondary N) is 1. The first-order chi connectivity index (χ1) is 20.7. The molecule has 1 atom stereocenters. The highest BCUT2D eigenvalue weighted by molar-refractivity contribution is 7.89. The minimum absolute atomic E-state index is 0.0794. The van der Waals surface area contributed by atoms with Crippen LogP contribution in [0.15, 0.2) is 71.2 Å². The van der Waals surface area contributed by atoms with Gasteiger partial charge in [0.25, 0.3) is 0 Å². The first-order valence-electron chi connectivity index (χ1n) is 13.8. The van der Waals surface area contributed by atoms with E-state index >= 15 is 0 Å². The SMILES string of the molecule is Cc1ccc(S(=O)(=O)NC[C@@]2(CCc3cccs3)CCN(Cc3cccnc3)C2)cc1.O=C(O)CC(O)(CC(=O)O)C(=O)O. The highest BCUT2D eigenvalue weighted by atomic mass is 32.2. The van der Waals surface area contributed by atoms with E-state index in [-0.39, 0.29) is 5.41 Å². The number of carboxylic acid groups (broad SMARTS) is 3. The number of aromatic nitrogens is 1. The van der Waals surface area contributed by atoms with Crippen LogP contribution in [0.2, 0.25) is 0 Å². The van der Waals surface area contributed by atoms with Crippen molar-refractivity contribution in [1.82, 2.24) is 14.6 Å². The monoisotopic (exact) mass is 647 g/mol. The average molecular weight is 648 g/mol. The van der Waals surface area contributed by atoms with Crippen molar-refractivity contribution in [3.8, 4) is 0 Å². The summed E-state index contributed by atoms with van der Waals surface area (Å²) in [5.41, 5.74) is -0.577. The number of sulfonamides is 1. The van der Waals surface area contributed by atoms with Gasteiger partial charge in [-0.25, -0.2) is 17.9 Å². The number of aliphatic carboxylic acids is 3. The molecule has 0 spiro atoms. The molecule has 1 aliphatic rings. The van der Waals surface area contributed by atoms with Crippen LogP contribution in [0.5, 0.6) is 0 Å². The minimum atomic E-state index is -3.53. The summed E-state index contributed by atoms with van der Waals surface area (Å²) in [6, 6.07) is 15.3. The number of thiophene rings is 1.